The van der Waals surface area contributed by atoms with Crippen LogP contribution in [0.15, 0.2) is 0 Å². The standard InChI is InChI=1S/C13H26N2O2.ClH/c1-11(2)8-13(4-5-13)10-15-12(16)9-14-6-7-17-3;/h11,14H,4-10H2,1-3H3,(H,15,16);1H. The second kappa shape index (κ2) is 8.73. The van der Waals surface area contributed by atoms with Crippen LogP contribution < -0.4 is 10.6 Å². The first-order chi connectivity index (χ1) is 8.08. The lowest BCUT2D eigenvalue weighted by atomic mass is 9.94. The number of amides is 1. The van der Waals surface area contributed by atoms with Gasteiger partial charge in [-0.15, -0.1) is 12.4 Å². The van der Waals surface area contributed by atoms with Gasteiger partial charge in [-0.2, -0.15) is 0 Å². The molecule has 0 atom stereocenters. The van der Waals surface area contributed by atoms with E-state index < -0.39 is 0 Å². The van der Waals surface area contributed by atoms with E-state index in [1.807, 2.05) is 0 Å². The van der Waals surface area contributed by atoms with Crippen LogP contribution >= 0.6 is 12.4 Å². The molecule has 0 radical (unpaired) electrons. The molecule has 0 bridgehead atoms. The highest BCUT2D eigenvalue weighted by atomic mass is 35.5. The minimum atomic E-state index is 0. The average Bonchev–Trinajstić information content (AvgIpc) is 3.01. The third-order valence-electron chi connectivity index (χ3n) is 3.23. The lowest BCUT2D eigenvalue weighted by Gasteiger charge is -2.18. The van der Waals surface area contributed by atoms with Gasteiger partial charge in [0.1, 0.15) is 0 Å². The van der Waals surface area contributed by atoms with Gasteiger partial charge in [0, 0.05) is 20.2 Å². The Kier molecular flexibility index (Phi) is 8.57. The molecule has 1 fully saturated rings. The van der Waals surface area contributed by atoms with Gasteiger partial charge in [0.25, 0.3) is 0 Å². The molecule has 0 saturated heterocycles. The zero-order chi connectivity index (χ0) is 12.7. The summed E-state index contributed by atoms with van der Waals surface area (Å²) < 4.78 is 4.90. The topological polar surface area (TPSA) is 50.4 Å². The smallest absolute Gasteiger partial charge is 0.233 e. The number of hydrogen-bond acceptors (Lipinski definition) is 3. The van der Waals surface area contributed by atoms with E-state index in [2.05, 4.69) is 24.5 Å². The minimum Gasteiger partial charge on any atom is -0.383 e. The third-order valence-corrected chi connectivity index (χ3v) is 3.23. The Bertz CT molecular complexity index is 243. The first-order valence-corrected chi connectivity index (χ1v) is 6.54. The van der Waals surface area contributed by atoms with Crippen LogP contribution in [-0.4, -0.2) is 39.3 Å². The Morgan fingerprint density at radius 2 is 2.06 bits per heavy atom. The van der Waals surface area contributed by atoms with Gasteiger partial charge in [0.05, 0.1) is 13.2 Å². The highest BCUT2D eigenvalue weighted by molar-refractivity contribution is 5.85. The molecule has 0 aromatic carbocycles. The second-order valence-electron chi connectivity index (χ2n) is 5.54. The Morgan fingerprint density at radius 3 is 2.56 bits per heavy atom. The first-order valence-electron chi connectivity index (χ1n) is 6.54. The Hall–Kier alpha value is -0.320. The summed E-state index contributed by atoms with van der Waals surface area (Å²) in [4.78, 5) is 11.6. The van der Waals surface area contributed by atoms with Gasteiger partial charge in [0.2, 0.25) is 5.91 Å². The molecule has 0 unspecified atom stereocenters. The molecule has 1 amide bonds. The average molecular weight is 279 g/mol. The Morgan fingerprint density at radius 1 is 1.39 bits per heavy atom. The van der Waals surface area contributed by atoms with Crippen LogP contribution in [0.25, 0.3) is 0 Å². The summed E-state index contributed by atoms with van der Waals surface area (Å²) in [5.41, 5.74) is 0.413. The molecule has 108 valence electrons. The van der Waals surface area contributed by atoms with Crippen molar-refractivity contribution >= 4 is 18.3 Å². The Labute approximate surface area is 117 Å². The largest absolute Gasteiger partial charge is 0.383 e. The van der Waals surface area contributed by atoms with E-state index in [0.29, 0.717) is 24.5 Å². The monoisotopic (exact) mass is 278 g/mol. The number of nitrogens with one attached hydrogen (secondary N) is 2. The fourth-order valence-electron chi connectivity index (χ4n) is 2.22. The van der Waals surface area contributed by atoms with Crippen molar-refractivity contribution in [2.24, 2.45) is 11.3 Å². The number of halogens is 1. The van der Waals surface area contributed by atoms with Crippen LogP contribution in [0, 0.1) is 11.3 Å². The maximum atomic E-state index is 11.6. The van der Waals surface area contributed by atoms with Gasteiger partial charge in [-0.1, -0.05) is 13.8 Å². The molecule has 0 spiro atoms. The third kappa shape index (κ3) is 7.19. The van der Waals surface area contributed by atoms with Crippen molar-refractivity contribution in [1.82, 2.24) is 10.6 Å². The highest BCUT2D eigenvalue weighted by Gasteiger charge is 2.42. The molecule has 2 N–H and O–H groups in total. The summed E-state index contributed by atoms with van der Waals surface area (Å²) in [6.07, 6.45) is 3.76. The van der Waals surface area contributed by atoms with E-state index in [1.54, 1.807) is 7.11 Å². The SMILES string of the molecule is COCCNCC(=O)NCC1(CC(C)C)CC1.Cl. The lowest BCUT2D eigenvalue weighted by Crippen LogP contribution is -2.38. The number of carbonyl (C=O) groups is 1. The van der Waals surface area contributed by atoms with Crippen molar-refractivity contribution in [2.75, 3.05) is 33.4 Å². The van der Waals surface area contributed by atoms with Gasteiger partial charge < -0.3 is 15.4 Å². The van der Waals surface area contributed by atoms with Crippen molar-refractivity contribution in [1.29, 1.82) is 0 Å². The van der Waals surface area contributed by atoms with Crippen molar-refractivity contribution in [3.63, 3.8) is 0 Å². The van der Waals surface area contributed by atoms with Crippen LogP contribution in [0.3, 0.4) is 0 Å². The van der Waals surface area contributed by atoms with Crippen LogP contribution in [0.2, 0.25) is 0 Å². The number of ether oxygens (including phenoxy) is 1. The maximum absolute atomic E-state index is 11.6. The lowest BCUT2D eigenvalue weighted by molar-refractivity contribution is -0.120. The van der Waals surface area contributed by atoms with Gasteiger partial charge in [0.15, 0.2) is 0 Å². The van der Waals surface area contributed by atoms with Crippen molar-refractivity contribution in [3.8, 4) is 0 Å². The Balaban J connectivity index is 0.00000289. The van der Waals surface area contributed by atoms with Crippen molar-refractivity contribution < 1.29 is 9.53 Å². The molecule has 0 heterocycles. The number of methoxy groups -OCH3 is 1. The molecule has 1 rings (SSSR count). The van der Waals surface area contributed by atoms with E-state index in [1.165, 1.54) is 19.3 Å². The molecular weight excluding hydrogens is 252 g/mol. The van der Waals surface area contributed by atoms with E-state index in [9.17, 15) is 4.79 Å². The van der Waals surface area contributed by atoms with Crippen molar-refractivity contribution in [3.05, 3.63) is 0 Å². The first kappa shape index (κ1) is 17.7. The fraction of sp³-hybridized carbons (Fsp3) is 0.923. The zero-order valence-electron chi connectivity index (χ0n) is 11.8. The fourth-order valence-corrected chi connectivity index (χ4v) is 2.22. The van der Waals surface area contributed by atoms with E-state index in [-0.39, 0.29) is 18.3 Å². The van der Waals surface area contributed by atoms with Crippen LogP contribution in [0.4, 0.5) is 0 Å². The predicted molar refractivity (Wildman–Crippen MR) is 76.1 cm³/mol. The molecular formula is C13H27ClN2O2. The van der Waals surface area contributed by atoms with Gasteiger partial charge in [-0.25, -0.2) is 0 Å². The maximum Gasteiger partial charge on any atom is 0.233 e. The van der Waals surface area contributed by atoms with E-state index in [4.69, 9.17) is 4.74 Å². The van der Waals surface area contributed by atoms with E-state index in [0.717, 1.165) is 13.1 Å². The van der Waals surface area contributed by atoms with Crippen LogP contribution in [0.5, 0.6) is 0 Å². The zero-order valence-corrected chi connectivity index (χ0v) is 12.6. The molecule has 0 aliphatic heterocycles. The summed E-state index contributed by atoms with van der Waals surface area (Å²) >= 11 is 0. The molecule has 1 aliphatic rings. The summed E-state index contributed by atoms with van der Waals surface area (Å²) in [5.74, 6) is 0.811. The second-order valence-corrected chi connectivity index (χ2v) is 5.54. The molecule has 0 aromatic rings. The summed E-state index contributed by atoms with van der Waals surface area (Å²) in [7, 11) is 1.66. The van der Waals surface area contributed by atoms with Crippen LogP contribution in [0.1, 0.15) is 33.1 Å². The number of carbonyl (C=O) groups excluding carboxylic acids is 1. The summed E-state index contributed by atoms with van der Waals surface area (Å²) in [6.45, 7) is 7.09. The van der Waals surface area contributed by atoms with Gasteiger partial charge in [-0.05, 0) is 30.6 Å². The predicted octanol–water partition coefficient (Wildman–Crippen LogP) is 1.59. The number of hydrogen-bond donors (Lipinski definition) is 2. The minimum absolute atomic E-state index is 0. The van der Waals surface area contributed by atoms with Gasteiger partial charge >= 0.3 is 0 Å². The normalized spacial score (nSPS) is 16.2. The summed E-state index contributed by atoms with van der Waals surface area (Å²) in [5, 5.41) is 6.07. The molecule has 4 nitrogen and oxygen atoms in total. The van der Waals surface area contributed by atoms with E-state index >= 15 is 0 Å². The molecule has 18 heavy (non-hydrogen) atoms. The molecule has 0 aromatic heterocycles. The van der Waals surface area contributed by atoms with Gasteiger partial charge in [-0.3, -0.25) is 4.79 Å². The number of rotatable bonds is 9. The quantitative estimate of drug-likeness (QED) is 0.630. The molecule has 5 heteroatoms. The van der Waals surface area contributed by atoms with Crippen LogP contribution in [-0.2, 0) is 9.53 Å². The molecule has 1 saturated carbocycles. The molecule has 1 aliphatic carbocycles. The highest BCUT2D eigenvalue weighted by Crippen LogP contribution is 2.49. The van der Waals surface area contributed by atoms with Crippen molar-refractivity contribution in [2.45, 2.75) is 33.1 Å². The summed E-state index contributed by atoms with van der Waals surface area (Å²) in [6, 6.07) is 0.